The van der Waals surface area contributed by atoms with Crippen LogP contribution in [0.2, 0.25) is 0 Å². The quantitative estimate of drug-likeness (QED) is 0.434. The van der Waals surface area contributed by atoms with Gasteiger partial charge in [-0.3, -0.25) is 4.79 Å². The van der Waals surface area contributed by atoms with Gasteiger partial charge in [0.1, 0.15) is 11.5 Å². The van der Waals surface area contributed by atoms with Crippen molar-refractivity contribution in [1.29, 1.82) is 0 Å². The van der Waals surface area contributed by atoms with Crippen molar-refractivity contribution < 1.29 is 9.18 Å². The molecule has 4 aromatic rings. The third kappa shape index (κ3) is 3.97. The minimum absolute atomic E-state index is 0.0407. The maximum Gasteiger partial charge on any atom is 0.272 e. The second-order valence-corrected chi connectivity index (χ2v) is 9.07. The van der Waals surface area contributed by atoms with Gasteiger partial charge in [0.2, 0.25) is 0 Å². The first kappa shape index (κ1) is 22.3. The number of likely N-dealkylation sites (tertiary alicyclic amines) is 1. The van der Waals surface area contributed by atoms with Crippen LogP contribution in [0.3, 0.4) is 0 Å². The van der Waals surface area contributed by atoms with E-state index in [1.54, 1.807) is 29.2 Å². The Kier molecular flexibility index (Phi) is 5.89. The topological polar surface area (TPSA) is 68.3 Å². The molecule has 1 saturated heterocycles. The summed E-state index contributed by atoms with van der Waals surface area (Å²) in [5.74, 6) is -0.407. The van der Waals surface area contributed by atoms with E-state index in [-0.39, 0.29) is 17.8 Å². The number of fused-ring (bicyclic) bond motifs is 1. The van der Waals surface area contributed by atoms with E-state index in [9.17, 15) is 4.79 Å². The molecule has 0 bridgehead atoms. The van der Waals surface area contributed by atoms with E-state index in [0.29, 0.717) is 29.0 Å². The van der Waals surface area contributed by atoms with E-state index < -0.39 is 0 Å². The highest BCUT2D eigenvalue weighted by molar-refractivity contribution is 5.93. The first-order valence-electron chi connectivity index (χ1n) is 11.9. The fourth-order valence-electron chi connectivity index (χ4n) is 4.77. The number of hydrogen-bond donors (Lipinski definition) is 0. The molecule has 0 aliphatic carbocycles. The number of halogens is 1. The number of carbonyl (C=O) groups excluding carboxylic acids is 1. The van der Waals surface area contributed by atoms with Gasteiger partial charge in [-0.2, -0.15) is 5.10 Å². The number of imidazole rings is 1. The molecular formula is C26H29FN6O. The molecule has 0 N–H and O–H groups in total. The van der Waals surface area contributed by atoms with E-state index in [1.807, 2.05) is 35.6 Å². The highest BCUT2D eigenvalue weighted by Gasteiger charge is 2.25. The van der Waals surface area contributed by atoms with E-state index >= 15 is 4.39 Å². The molecule has 0 saturated carbocycles. The second-order valence-electron chi connectivity index (χ2n) is 9.07. The zero-order valence-electron chi connectivity index (χ0n) is 19.8. The molecule has 34 heavy (non-hydrogen) atoms. The van der Waals surface area contributed by atoms with Crippen LogP contribution in [0.4, 0.5) is 4.39 Å². The normalized spacial score (nSPS) is 16.7. The van der Waals surface area contributed by atoms with Gasteiger partial charge >= 0.3 is 0 Å². The molecule has 8 heteroatoms. The summed E-state index contributed by atoms with van der Waals surface area (Å²) in [4.78, 5) is 24.0. The van der Waals surface area contributed by atoms with Gasteiger partial charge in [0.05, 0.1) is 23.9 Å². The van der Waals surface area contributed by atoms with E-state index in [4.69, 9.17) is 0 Å². The maximum atomic E-state index is 15.1. The van der Waals surface area contributed by atoms with Gasteiger partial charge in [-0.1, -0.05) is 25.8 Å². The Morgan fingerprint density at radius 2 is 2.03 bits per heavy atom. The summed E-state index contributed by atoms with van der Waals surface area (Å²) in [5, 5.41) is 4.64. The Balaban J connectivity index is 1.52. The van der Waals surface area contributed by atoms with Crippen molar-refractivity contribution in [3.05, 3.63) is 60.1 Å². The minimum Gasteiger partial charge on any atom is -0.335 e. The molecule has 1 aliphatic heterocycles. The number of nitrogens with zero attached hydrogens (tertiary/aromatic N) is 6. The summed E-state index contributed by atoms with van der Waals surface area (Å²) in [6.07, 6.45) is 8.40. The average Bonchev–Trinajstić information content (AvgIpc) is 3.39. The molecular weight excluding hydrogens is 431 g/mol. The lowest BCUT2D eigenvalue weighted by Gasteiger charge is -2.27. The third-order valence-electron chi connectivity index (χ3n) is 6.75. The Hall–Kier alpha value is -3.55. The molecule has 3 aromatic heterocycles. The molecule has 1 aliphatic rings. The molecule has 1 aromatic carbocycles. The average molecular weight is 461 g/mol. The van der Waals surface area contributed by atoms with Gasteiger partial charge in [-0.05, 0) is 44.4 Å². The van der Waals surface area contributed by atoms with Crippen molar-refractivity contribution in [2.24, 2.45) is 7.05 Å². The number of aryl methyl sites for hydroxylation is 2. The molecule has 5 rings (SSSR count). The summed E-state index contributed by atoms with van der Waals surface area (Å²) in [6.45, 7) is 4.88. The van der Waals surface area contributed by atoms with Gasteiger partial charge in [-0.25, -0.2) is 18.9 Å². The lowest BCUT2D eigenvalue weighted by Crippen LogP contribution is -2.38. The summed E-state index contributed by atoms with van der Waals surface area (Å²) in [7, 11) is 1.87. The van der Waals surface area contributed by atoms with Crippen molar-refractivity contribution in [3.63, 3.8) is 0 Å². The highest BCUT2D eigenvalue weighted by atomic mass is 19.1. The second kappa shape index (κ2) is 9.00. The Bertz CT molecular complexity index is 1360. The van der Waals surface area contributed by atoms with Crippen LogP contribution in [0, 0.1) is 5.82 Å². The van der Waals surface area contributed by atoms with E-state index in [2.05, 4.69) is 22.0 Å². The van der Waals surface area contributed by atoms with Crippen molar-refractivity contribution in [3.8, 4) is 22.5 Å². The van der Waals surface area contributed by atoms with Gasteiger partial charge in [0, 0.05) is 42.5 Å². The molecule has 0 spiro atoms. The minimum atomic E-state index is -0.366. The van der Waals surface area contributed by atoms with Crippen LogP contribution in [0.25, 0.3) is 28.2 Å². The predicted molar refractivity (Wildman–Crippen MR) is 129 cm³/mol. The molecule has 1 fully saturated rings. The lowest BCUT2D eigenvalue weighted by molar-refractivity contribution is 0.0692. The first-order valence-corrected chi connectivity index (χ1v) is 11.9. The fourth-order valence-corrected chi connectivity index (χ4v) is 4.77. The summed E-state index contributed by atoms with van der Waals surface area (Å²) in [5.41, 5.74) is 4.32. The molecule has 4 heterocycles. The zero-order chi connectivity index (χ0) is 23.8. The predicted octanol–water partition coefficient (Wildman–Crippen LogP) is 4.90. The van der Waals surface area contributed by atoms with Gasteiger partial charge < -0.3 is 9.47 Å². The van der Waals surface area contributed by atoms with Crippen LogP contribution < -0.4 is 0 Å². The number of rotatable bonds is 4. The van der Waals surface area contributed by atoms with Crippen LogP contribution >= 0.6 is 0 Å². The Morgan fingerprint density at radius 1 is 1.18 bits per heavy atom. The molecule has 0 radical (unpaired) electrons. The number of benzene rings is 1. The number of aromatic nitrogens is 5. The smallest absolute Gasteiger partial charge is 0.272 e. The lowest BCUT2D eigenvalue weighted by atomic mass is 10.1. The molecule has 1 unspecified atom stereocenters. The SMILES string of the molecule is CCc1cc(C(=O)N2CCCCCC2C)nc2cc(-c3ccc(-c4cncn4C)cc3F)nn12. The van der Waals surface area contributed by atoms with Crippen LogP contribution in [0.15, 0.2) is 42.9 Å². The Morgan fingerprint density at radius 3 is 2.76 bits per heavy atom. The van der Waals surface area contributed by atoms with Crippen LogP contribution in [-0.2, 0) is 13.5 Å². The fraction of sp³-hybridized carbons (Fsp3) is 0.385. The van der Waals surface area contributed by atoms with Gasteiger partial charge in [0.15, 0.2) is 5.65 Å². The molecule has 1 atom stereocenters. The standard InChI is InChI=1S/C26H29FN6O/c1-4-19-13-23(26(34)32-11-7-5-6-8-17(32)2)29-25-14-22(30-33(19)25)20-10-9-18(12-21(20)27)24-15-28-16-31(24)3/h9-10,12-17H,4-8,11H2,1-3H3. The van der Waals surface area contributed by atoms with Crippen molar-refractivity contribution in [1.82, 2.24) is 29.0 Å². The van der Waals surface area contributed by atoms with Crippen LogP contribution in [-0.4, -0.2) is 47.5 Å². The first-order chi connectivity index (χ1) is 16.5. The number of amides is 1. The van der Waals surface area contributed by atoms with Crippen molar-refractivity contribution >= 4 is 11.6 Å². The highest BCUT2D eigenvalue weighted by Crippen LogP contribution is 2.28. The van der Waals surface area contributed by atoms with Gasteiger partial charge in [-0.15, -0.1) is 0 Å². The Labute approximate surface area is 198 Å². The van der Waals surface area contributed by atoms with Crippen LogP contribution in [0.1, 0.15) is 55.7 Å². The summed E-state index contributed by atoms with van der Waals surface area (Å²) < 4.78 is 18.7. The molecule has 176 valence electrons. The van der Waals surface area contributed by atoms with E-state index in [0.717, 1.165) is 49.2 Å². The zero-order valence-corrected chi connectivity index (χ0v) is 19.8. The molecule has 7 nitrogen and oxygen atoms in total. The maximum absolute atomic E-state index is 15.1. The summed E-state index contributed by atoms with van der Waals surface area (Å²) >= 11 is 0. The van der Waals surface area contributed by atoms with E-state index in [1.165, 1.54) is 6.07 Å². The monoisotopic (exact) mass is 460 g/mol. The number of hydrogen-bond acceptors (Lipinski definition) is 4. The largest absolute Gasteiger partial charge is 0.335 e. The van der Waals surface area contributed by atoms with Crippen molar-refractivity contribution in [2.75, 3.05) is 6.54 Å². The van der Waals surface area contributed by atoms with Crippen molar-refractivity contribution in [2.45, 2.75) is 52.0 Å². The van der Waals surface area contributed by atoms with Crippen LogP contribution in [0.5, 0.6) is 0 Å². The summed E-state index contributed by atoms with van der Waals surface area (Å²) in [6, 6.07) is 8.88. The third-order valence-corrected chi connectivity index (χ3v) is 6.75. The van der Waals surface area contributed by atoms with Gasteiger partial charge in [0.25, 0.3) is 5.91 Å². The number of carbonyl (C=O) groups is 1. The molecule has 1 amide bonds.